The van der Waals surface area contributed by atoms with Crippen molar-refractivity contribution in [1.82, 2.24) is 0 Å². The number of benzene rings is 2. The molecule has 0 aliphatic rings. The molecule has 114 valence electrons. The fourth-order valence-corrected chi connectivity index (χ4v) is 1.83. The summed E-state index contributed by atoms with van der Waals surface area (Å²) in [5.41, 5.74) is 1.80. The van der Waals surface area contributed by atoms with Crippen LogP contribution in [0.4, 0.5) is 4.39 Å². The van der Waals surface area contributed by atoms with Crippen LogP contribution in [0.1, 0.15) is 12.5 Å². The van der Waals surface area contributed by atoms with Gasteiger partial charge in [-0.1, -0.05) is 18.7 Å². The minimum absolute atomic E-state index is 0.0301. The van der Waals surface area contributed by atoms with E-state index in [1.165, 1.54) is 25.1 Å². The minimum atomic E-state index is -0.735. The van der Waals surface area contributed by atoms with Crippen LogP contribution in [-0.2, 0) is 16.1 Å². The molecule has 0 atom stereocenters. The molecule has 0 spiro atoms. The molecule has 2 aromatic carbocycles. The van der Waals surface area contributed by atoms with Gasteiger partial charge in [-0.25, -0.2) is 9.18 Å². The van der Waals surface area contributed by atoms with Gasteiger partial charge in [-0.15, -0.1) is 0 Å². The van der Waals surface area contributed by atoms with Crippen LogP contribution in [0.25, 0.3) is 11.1 Å². The summed E-state index contributed by atoms with van der Waals surface area (Å²) in [4.78, 5) is 11.4. The molecule has 0 radical (unpaired) electrons. The van der Waals surface area contributed by atoms with E-state index < -0.39 is 17.5 Å². The highest BCUT2D eigenvalue weighted by Gasteiger charge is 2.10. The maximum atomic E-state index is 13.4. The molecule has 22 heavy (non-hydrogen) atoms. The zero-order valence-electron chi connectivity index (χ0n) is 12.0. The fraction of sp³-hybridized carbons (Fsp3) is 0.118. The number of phenolic OH excluding ortho intramolecular Hbond substituents is 2. The van der Waals surface area contributed by atoms with Gasteiger partial charge in [0, 0.05) is 11.1 Å². The maximum Gasteiger partial charge on any atom is 0.333 e. The van der Waals surface area contributed by atoms with E-state index in [4.69, 9.17) is 4.74 Å². The lowest BCUT2D eigenvalue weighted by Crippen LogP contribution is -2.05. The topological polar surface area (TPSA) is 66.8 Å². The molecule has 0 saturated carbocycles. The van der Waals surface area contributed by atoms with Crippen LogP contribution in [0.3, 0.4) is 0 Å². The van der Waals surface area contributed by atoms with Gasteiger partial charge >= 0.3 is 5.97 Å². The average Bonchev–Trinajstić information content (AvgIpc) is 2.48. The van der Waals surface area contributed by atoms with E-state index in [-0.39, 0.29) is 17.9 Å². The van der Waals surface area contributed by atoms with E-state index in [1.54, 1.807) is 18.2 Å². The van der Waals surface area contributed by atoms with Crippen molar-refractivity contribution >= 4 is 5.97 Å². The van der Waals surface area contributed by atoms with E-state index in [1.807, 2.05) is 0 Å². The summed E-state index contributed by atoms with van der Waals surface area (Å²) < 4.78 is 18.4. The summed E-state index contributed by atoms with van der Waals surface area (Å²) in [6.07, 6.45) is 0. The number of carbonyl (C=O) groups is 1. The third-order valence-electron chi connectivity index (χ3n) is 3.07. The predicted octanol–water partition coefficient (Wildman–Crippen LogP) is 3.52. The fourth-order valence-electron chi connectivity index (χ4n) is 1.83. The Morgan fingerprint density at radius 2 is 1.73 bits per heavy atom. The number of hydrogen-bond donors (Lipinski definition) is 2. The van der Waals surface area contributed by atoms with Gasteiger partial charge in [-0.05, 0) is 42.3 Å². The van der Waals surface area contributed by atoms with Crippen LogP contribution < -0.4 is 0 Å². The number of rotatable bonds is 4. The van der Waals surface area contributed by atoms with Gasteiger partial charge in [-0.2, -0.15) is 0 Å². The smallest absolute Gasteiger partial charge is 0.333 e. The number of ether oxygens (including phenoxy) is 1. The van der Waals surface area contributed by atoms with Crippen molar-refractivity contribution in [3.8, 4) is 22.6 Å². The number of halogens is 1. The first-order chi connectivity index (χ1) is 10.4. The molecular weight excluding hydrogens is 287 g/mol. The highest BCUT2D eigenvalue weighted by molar-refractivity contribution is 5.86. The number of aromatic hydroxyl groups is 2. The highest BCUT2D eigenvalue weighted by atomic mass is 19.1. The summed E-state index contributed by atoms with van der Waals surface area (Å²) in [6, 6.07) is 8.61. The van der Waals surface area contributed by atoms with Gasteiger partial charge in [0.05, 0.1) is 0 Å². The van der Waals surface area contributed by atoms with E-state index in [2.05, 4.69) is 6.58 Å². The third kappa shape index (κ3) is 3.44. The monoisotopic (exact) mass is 302 g/mol. The molecule has 0 fully saturated rings. The molecule has 0 amide bonds. The SMILES string of the molecule is C=C(C)C(=O)OCc1cc(-c2ccc(O)c(F)c2)ccc1O. The van der Waals surface area contributed by atoms with Crippen LogP contribution in [0.5, 0.6) is 11.5 Å². The van der Waals surface area contributed by atoms with Gasteiger partial charge < -0.3 is 14.9 Å². The Labute approximate surface area is 127 Å². The van der Waals surface area contributed by atoms with Gasteiger partial charge in [0.1, 0.15) is 12.4 Å². The Morgan fingerprint density at radius 1 is 1.14 bits per heavy atom. The van der Waals surface area contributed by atoms with Crippen molar-refractivity contribution in [1.29, 1.82) is 0 Å². The largest absolute Gasteiger partial charge is 0.508 e. The summed E-state index contributed by atoms with van der Waals surface area (Å²) >= 11 is 0. The van der Waals surface area contributed by atoms with E-state index >= 15 is 0 Å². The Hall–Kier alpha value is -2.82. The number of carbonyl (C=O) groups excluding carboxylic acids is 1. The van der Waals surface area contributed by atoms with Gasteiger partial charge in [-0.3, -0.25) is 0 Å². The average molecular weight is 302 g/mol. The van der Waals surface area contributed by atoms with Gasteiger partial charge in [0.25, 0.3) is 0 Å². The van der Waals surface area contributed by atoms with Crippen LogP contribution in [0.15, 0.2) is 48.6 Å². The van der Waals surface area contributed by atoms with Crippen LogP contribution in [0.2, 0.25) is 0 Å². The van der Waals surface area contributed by atoms with E-state index in [0.29, 0.717) is 16.7 Å². The molecule has 4 nitrogen and oxygen atoms in total. The zero-order chi connectivity index (χ0) is 16.3. The number of hydrogen-bond acceptors (Lipinski definition) is 4. The third-order valence-corrected chi connectivity index (χ3v) is 3.07. The molecular formula is C17H15FO4. The Balaban J connectivity index is 2.27. The van der Waals surface area contributed by atoms with Crippen molar-refractivity contribution in [2.24, 2.45) is 0 Å². The molecule has 2 rings (SSSR count). The van der Waals surface area contributed by atoms with E-state index in [0.717, 1.165) is 0 Å². The second-order valence-corrected chi connectivity index (χ2v) is 4.87. The number of esters is 1. The quantitative estimate of drug-likeness (QED) is 0.670. The Kier molecular flexibility index (Phi) is 4.46. The number of phenols is 2. The molecule has 2 N–H and O–H groups in total. The second-order valence-electron chi connectivity index (χ2n) is 4.87. The summed E-state index contributed by atoms with van der Waals surface area (Å²) in [5.74, 6) is -1.75. The minimum Gasteiger partial charge on any atom is -0.508 e. The first-order valence-corrected chi connectivity index (χ1v) is 6.52. The Bertz CT molecular complexity index is 737. The maximum absolute atomic E-state index is 13.4. The molecule has 0 aliphatic carbocycles. The van der Waals surface area contributed by atoms with Crippen molar-refractivity contribution in [2.45, 2.75) is 13.5 Å². The molecule has 0 aliphatic heterocycles. The molecule has 0 bridgehead atoms. The summed E-state index contributed by atoms with van der Waals surface area (Å²) in [7, 11) is 0. The van der Waals surface area contributed by atoms with Crippen molar-refractivity contribution in [2.75, 3.05) is 0 Å². The van der Waals surface area contributed by atoms with E-state index in [9.17, 15) is 19.4 Å². The summed E-state index contributed by atoms with van der Waals surface area (Å²) in [5, 5.41) is 19.0. The predicted molar refractivity (Wildman–Crippen MR) is 79.8 cm³/mol. The van der Waals surface area contributed by atoms with Crippen LogP contribution in [0, 0.1) is 5.82 Å². The normalized spacial score (nSPS) is 10.3. The first-order valence-electron chi connectivity index (χ1n) is 6.52. The molecule has 5 heteroatoms. The van der Waals surface area contributed by atoms with Crippen molar-refractivity contribution < 1.29 is 24.1 Å². The molecule has 2 aromatic rings. The van der Waals surface area contributed by atoms with Crippen LogP contribution in [-0.4, -0.2) is 16.2 Å². The van der Waals surface area contributed by atoms with Crippen LogP contribution >= 0.6 is 0 Å². The standard InChI is InChI=1S/C17H15FO4/c1-10(2)17(21)22-9-13-7-11(3-5-15(13)19)12-4-6-16(20)14(18)8-12/h3-8,19-20H,1,9H2,2H3. The first kappa shape index (κ1) is 15.6. The zero-order valence-corrected chi connectivity index (χ0v) is 12.0. The highest BCUT2D eigenvalue weighted by Crippen LogP contribution is 2.29. The molecule has 0 aromatic heterocycles. The van der Waals surface area contributed by atoms with Gasteiger partial charge in [0.2, 0.25) is 0 Å². The molecule has 0 saturated heterocycles. The van der Waals surface area contributed by atoms with Crippen molar-refractivity contribution in [3.05, 3.63) is 59.9 Å². The Morgan fingerprint density at radius 3 is 2.32 bits per heavy atom. The second kappa shape index (κ2) is 6.30. The molecule has 0 unspecified atom stereocenters. The summed E-state index contributed by atoms with van der Waals surface area (Å²) in [6.45, 7) is 4.88. The molecule has 0 heterocycles. The van der Waals surface area contributed by atoms with Gasteiger partial charge in [0.15, 0.2) is 11.6 Å². The van der Waals surface area contributed by atoms with Crippen molar-refractivity contribution in [3.63, 3.8) is 0 Å². The lowest BCUT2D eigenvalue weighted by molar-refractivity contribution is -0.140. The lowest BCUT2D eigenvalue weighted by atomic mass is 10.0. The lowest BCUT2D eigenvalue weighted by Gasteiger charge is -2.09.